The Labute approximate surface area is 138 Å². The van der Waals surface area contributed by atoms with Crippen molar-refractivity contribution in [3.05, 3.63) is 35.4 Å². The third kappa shape index (κ3) is 3.54. The highest BCUT2D eigenvalue weighted by Crippen LogP contribution is 2.36. The Hall–Kier alpha value is -2.74. The highest BCUT2D eigenvalue weighted by Gasteiger charge is 2.20. The van der Waals surface area contributed by atoms with Crippen LogP contribution < -0.4 is 5.73 Å². The van der Waals surface area contributed by atoms with Gasteiger partial charge in [-0.2, -0.15) is 10.5 Å². The molecule has 0 fully saturated rings. The molecule has 2 aromatic rings. The largest absolute Gasteiger partial charge is 0.508 e. The van der Waals surface area contributed by atoms with E-state index >= 15 is 0 Å². The van der Waals surface area contributed by atoms with E-state index in [-0.39, 0.29) is 22.7 Å². The normalized spacial score (nSPS) is 10.0. The third-order valence-electron chi connectivity index (χ3n) is 3.08. The minimum absolute atomic E-state index is 0.0410. The van der Waals surface area contributed by atoms with Crippen molar-refractivity contribution in [1.82, 2.24) is 4.98 Å². The van der Waals surface area contributed by atoms with Crippen LogP contribution in [0.2, 0.25) is 0 Å². The van der Waals surface area contributed by atoms with E-state index in [1.54, 1.807) is 19.2 Å². The number of aromatic nitrogens is 1. The fourth-order valence-corrected chi connectivity index (χ4v) is 2.97. The van der Waals surface area contributed by atoms with Gasteiger partial charge in [0, 0.05) is 18.4 Å². The standard InChI is InChI=1S/C16H14N4O2S/c1-22-5-6-23-16-13(9-18)14(12(8-17)15(19)20-16)10-3-2-4-11(21)7-10/h2-4,7,21H,5-6H2,1H3,(H2,19,20). The fraction of sp³-hybridized carbons (Fsp3) is 0.188. The van der Waals surface area contributed by atoms with E-state index in [9.17, 15) is 15.6 Å². The summed E-state index contributed by atoms with van der Waals surface area (Å²) in [5.41, 5.74) is 7.21. The molecule has 2 rings (SSSR count). The van der Waals surface area contributed by atoms with Gasteiger partial charge in [-0.25, -0.2) is 4.98 Å². The second kappa shape index (κ2) is 7.50. The topological polar surface area (TPSA) is 116 Å². The predicted molar refractivity (Wildman–Crippen MR) is 87.8 cm³/mol. The van der Waals surface area contributed by atoms with E-state index < -0.39 is 0 Å². The zero-order chi connectivity index (χ0) is 16.8. The zero-order valence-corrected chi connectivity index (χ0v) is 13.2. The monoisotopic (exact) mass is 326 g/mol. The lowest BCUT2D eigenvalue weighted by Gasteiger charge is -2.13. The van der Waals surface area contributed by atoms with Crippen LogP contribution in [-0.2, 0) is 4.74 Å². The molecule has 1 aromatic carbocycles. The molecule has 0 unspecified atom stereocenters. The molecule has 0 spiro atoms. The maximum absolute atomic E-state index is 9.68. The molecule has 0 aliphatic rings. The summed E-state index contributed by atoms with van der Waals surface area (Å²) in [6.07, 6.45) is 0. The minimum atomic E-state index is 0.0410. The molecular weight excluding hydrogens is 312 g/mol. The molecule has 3 N–H and O–H groups in total. The summed E-state index contributed by atoms with van der Waals surface area (Å²) >= 11 is 1.33. The average Bonchev–Trinajstić information content (AvgIpc) is 2.54. The first-order valence-corrected chi connectivity index (χ1v) is 7.65. The number of nitriles is 2. The van der Waals surface area contributed by atoms with Crippen molar-refractivity contribution in [2.45, 2.75) is 5.03 Å². The van der Waals surface area contributed by atoms with Gasteiger partial charge in [0.05, 0.1) is 12.2 Å². The molecule has 116 valence electrons. The second-order valence-corrected chi connectivity index (χ2v) is 5.63. The molecule has 7 heteroatoms. The maximum atomic E-state index is 9.68. The number of thioether (sulfide) groups is 1. The Kier molecular flexibility index (Phi) is 5.42. The van der Waals surface area contributed by atoms with Gasteiger partial charge in [0.15, 0.2) is 0 Å². The number of phenols is 1. The number of hydrogen-bond donors (Lipinski definition) is 2. The number of nitrogens with zero attached hydrogens (tertiary/aromatic N) is 3. The predicted octanol–water partition coefficient (Wildman–Crippen LogP) is 2.52. The lowest BCUT2D eigenvalue weighted by molar-refractivity contribution is 0.218. The summed E-state index contributed by atoms with van der Waals surface area (Å²) in [5.74, 6) is 0.701. The number of pyridine rings is 1. The van der Waals surface area contributed by atoms with Crippen LogP contribution >= 0.6 is 11.8 Å². The van der Waals surface area contributed by atoms with Crippen LogP contribution in [0.5, 0.6) is 5.75 Å². The molecular formula is C16H14N4O2S. The zero-order valence-electron chi connectivity index (χ0n) is 12.4. The van der Waals surface area contributed by atoms with Crippen LogP contribution in [0, 0.1) is 22.7 Å². The van der Waals surface area contributed by atoms with Crippen molar-refractivity contribution >= 4 is 17.6 Å². The summed E-state index contributed by atoms with van der Waals surface area (Å²) in [5, 5.41) is 29.1. The van der Waals surface area contributed by atoms with Crippen LogP contribution in [0.25, 0.3) is 11.1 Å². The lowest BCUT2D eigenvalue weighted by Crippen LogP contribution is -2.04. The smallest absolute Gasteiger partial charge is 0.143 e. The van der Waals surface area contributed by atoms with E-state index in [0.29, 0.717) is 28.5 Å². The van der Waals surface area contributed by atoms with E-state index in [1.807, 2.05) is 6.07 Å². The Balaban J connectivity index is 2.67. The van der Waals surface area contributed by atoms with Crippen molar-refractivity contribution < 1.29 is 9.84 Å². The number of nitrogens with two attached hydrogens (primary N) is 1. The number of phenolic OH excluding ortho intramolecular Hbond substituents is 1. The van der Waals surface area contributed by atoms with Gasteiger partial charge in [0.1, 0.15) is 34.3 Å². The summed E-state index contributed by atoms with van der Waals surface area (Å²) in [7, 11) is 1.59. The summed E-state index contributed by atoms with van der Waals surface area (Å²) in [6.45, 7) is 0.499. The van der Waals surface area contributed by atoms with Gasteiger partial charge >= 0.3 is 0 Å². The van der Waals surface area contributed by atoms with Gasteiger partial charge in [-0.15, -0.1) is 11.8 Å². The number of benzene rings is 1. The van der Waals surface area contributed by atoms with E-state index in [1.165, 1.54) is 23.9 Å². The molecule has 0 aliphatic carbocycles. The first-order valence-electron chi connectivity index (χ1n) is 6.67. The van der Waals surface area contributed by atoms with E-state index in [4.69, 9.17) is 10.5 Å². The van der Waals surface area contributed by atoms with Gasteiger partial charge in [0.2, 0.25) is 0 Å². The molecule has 1 heterocycles. The first kappa shape index (κ1) is 16.6. The highest BCUT2D eigenvalue weighted by molar-refractivity contribution is 7.99. The summed E-state index contributed by atoms with van der Waals surface area (Å²) < 4.78 is 4.99. The first-order chi connectivity index (χ1) is 11.1. The molecule has 0 amide bonds. The van der Waals surface area contributed by atoms with Crippen LogP contribution in [0.3, 0.4) is 0 Å². The molecule has 0 aliphatic heterocycles. The Morgan fingerprint density at radius 2 is 2.04 bits per heavy atom. The molecule has 0 atom stereocenters. The molecule has 0 saturated carbocycles. The van der Waals surface area contributed by atoms with Crippen molar-refractivity contribution in [1.29, 1.82) is 10.5 Å². The number of hydrogen-bond acceptors (Lipinski definition) is 7. The summed E-state index contributed by atoms with van der Waals surface area (Å²) in [6, 6.07) is 10.4. The van der Waals surface area contributed by atoms with Gasteiger partial charge in [-0.05, 0) is 17.7 Å². The van der Waals surface area contributed by atoms with Crippen molar-refractivity contribution in [2.24, 2.45) is 0 Å². The van der Waals surface area contributed by atoms with Crippen molar-refractivity contribution in [2.75, 3.05) is 25.2 Å². The molecule has 1 aromatic heterocycles. The summed E-state index contributed by atoms with van der Waals surface area (Å²) in [4.78, 5) is 4.17. The molecule has 23 heavy (non-hydrogen) atoms. The third-order valence-corrected chi connectivity index (χ3v) is 4.02. The average molecular weight is 326 g/mol. The molecule has 6 nitrogen and oxygen atoms in total. The van der Waals surface area contributed by atoms with Gasteiger partial charge in [-0.3, -0.25) is 0 Å². The number of rotatable bonds is 5. The number of anilines is 1. The van der Waals surface area contributed by atoms with Crippen LogP contribution in [-0.4, -0.2) is 29.6 Å². The van der Waals surface area contributed by atoms with Crippen LogP contribution in [0.4, 0.5) is 5.82 Å². The minimum Gasteiger partial charge on any atom is -0.508 e. The van der Waals surface area contributed by atoms with Crippen LogP contribution in [0.1, 0.15) is 11.1 Å². The van der Waals surface area contributed by atoms with E-state index in [2.05, 4.69) is 11.1 Å². The Morgan fingerprint density at radius 3 is 2.65 bits per heavy atom. The number of ether oxygens (including phenoxy) is 1. The fourth-order valence-electron chi connectivity index (χ4n) is 2.07. The number of nitrogen functional groups attached to an aromatic ring is 1. The van der Waals surface area contributed by atoms with Crippen LogP contribution in [0.15, 0.2) is 29.3 Å². The maximum Gasteiger partial charge on any atom is 0.143 e. The molecule has 0 bridgehead atoms. The molecule has 0 saturated heterocycles. The quantitative estimate of drug-likeness (QED) is 0.640. The van der Waals surface area contributed by atoms with Crippen molar-refractivity contribution in [3.8, 4) is 29.0 Å². The number of aromatic hydroxyl groups is 1. The van der Waals surface area contributed by atoms with Gasteiger partial charge in [0.25, 0.3) is 0 Å². The van der Waals surface area contributed by atoms with Crippen molar-refractivity contribution in [3.63, 3.8) is 0 Å². The van der Waals surface area contributed by atoms with E-state index in [0.717, 1.165) is 0 Å². The SMILES string of the molecule is COCCSc1nc(N)c(C#N)c(-c2cccc(O)c2)c1C#N. The second-order valence-electron chi connectivity index (χ2n) is 4.54. The number of methoxy groups -OCH3 is 1. The Morgan fingerprint density at radius 1 is 1.30 bits per heavy atom. The Bertz CT molecular complexity index is 809. The highest BCUT2D eigenvalue weighted by atomic mass is 32.2. The van der Waals surface area contributed by atoms with Gasteiger partial charge in [-0.1, -0.05) is 12.1 Å². The lowest BCUT2D eigenvalue weighted by atomic mass is 9.97. The van der Waals surface area contributed by atoms with Gasteiger partial charge < -0.3 is 15.6 Å². The molecule has 0 radical (unpaired) electrons.